The fourth-order valence-electron chi connectivity index (χ4n) is 3.50. The Kier molecular flexibility index (Phi) is 4.29. The minimum absolute atomic E-state index is 0.0767. The third-order valence-electron chi connectivity index (χ3n) is 4.99. The van der Waals surface area contributed by atoms with Crippen molar-refractivity contribution in [1.82, 2.24) is 14.9 Å². The van der Waals surface area contributed by atoms with Gasteiger partial charge in [-0.2, -0.15) is 0 Å². The zero-order chi connectivity index (χ0) is 18.1. The van der Waals surface area contributed by atoms with E-state index in [1.165, 1.54) is 5.56 Å². The number of benzene rings is 1. The van der Waals surface area contributed by atoms with Crippen molar-refractivity contribution in [3.05, 3.63) is 65.6 Å². The van der Waals surface area contributed by atoms with Crippen molar-refractivity contribution in [1.29, 1.82) is 0 Å². The Morgan fingerprint density at radius 3 is 2.42 bits per heavy atom. The second kappa shape index (κ2) is 6.75. The van der Waals surface area contributed by atoms with Gasteiger partial charge in [0.2, 0.25) is 0 Å². The van der Waals surface area contributed by atoms with Gasteiger partial charge in [-0.3, -0.25) is 14.8 Å². The van der Waals surface area contributed by atoms with Crippen LogP contribution in [-0.2, 0) is 0 Å². The Hall–Kier alpha value is -2.95. The summed E-state index contributed by atoms with van der Waals surface area (Å²) in [6.07, 6.45) is 3.61. The molecule has 1 amide bonds. The Morgan fingerprint density at radius 2 is 1.69 bits per heavy atom. The molecule has 0 radical (unpaired) electrons. The van der Waals surface area contributed by atoms with E-state index in [1.54, 1.807) is 12.4 Å². The molecule has 5 nitrogen and oxygen atoms in total. The molecule has 26 heavy (non-hydrogen) atoms. The number of piperazine rings is 1. The topological polar surface area (TPSA) is 49.3 Å². The molecular formula is C21H22N4O. The van der Waals surface area contributed by atoms with Gasteiger partial charge >= 0.3 is 0 Å². The van der Waals surface area contributed by atoms with Gasteiger partial charge in [-0.15, -0.1) is 0 Å². The first-order chi connectivity index (χ1) is 12.6. The number of hydrogen-bond acceptors (Lipinski definition) is 4. The van der Waals surface area contributed by atoms with Crippen LogP contribution < -0.4 is 4.90 Å². The van der Waals surface area contributed by atoms with Crippen molar-refractivity contribution in [2.75, 3.05) is 31.1 Å². The first-order valence-electron chi connectivity index (χ1n) is 8.94. The largest absolute Gasteiger partial charge is 0.368 e. The molecule has 1 fully saturated rings. The summed E-state index contributed by atoms with van der Waals surface area (Å²) in [7, 11) is 0. The number of nitrogens with zero attached hydrogens (tertiary/aromatic N) is 4. The summed E-state index contributed by atoms with van der Waals surface area (Å²) in [4.78, 5) is 26.0. The van der Waals surface area contributed by atoms with Gasteiger partial charge in [0.1, 0.15) is 0 Å². The second-order valence-electron chi connectivity index (χ2n) is 6.80. The molecular weight excluding hydrogens is 324 g/mol. The Bertz CT molecular complexity index is 947. The fraction of sp³-hybridized carbons (Fsp3) is 0.286. The number of aryl methyl sites for hydroxylation is 2. The van der Waals surface area contributed by atoms with Crippen LogP contribution in [-0.4, -0.2) is 47.0 Å². The number of aromatic nitrogens is 2. The van der Waals surface area contributed by atoms with Gasteiger partial charge in [-0.25, -0.2) is 0 Å². The summed E-state index contributed by atoms with van der Waals surface area (Å²) in [6, 6.07) is 12.2. The monoisotopic (exact) mass is 346 g/mol. The van der Waals surface area contributed by atoms with E-state index < -0.39 is 0 Å². The van der Waals surface area contributed by atoms with Crippen LogP contribution in [0.4, 0.5) is 5.69 Å². The van der Waals surface area contributed by atoms with E-state index in [4.69, 9.17) is 0 Å². The summed E-state index contributed by atoms with van der Waals surface area (Å²) < 4.78 is 0. The predicted molar refractivity (Wildman–Crippen MR) is 104 cm³/mol. The van der Waals surface area contributed by atoms with Gasteiger partial charge in [0.15, 0.2) is 0 Å². The van der Waals surface area contributed by atoms with Crippen LogP contribution in [0.3, 0.4) is 0 Å². The zero-order valence-corrected chi connectivity index (χ0v) is 15.1. The van der Waals surface area contributed by atoms with Crippen molar-refractivity contribution < 1.29 is 4.79 Å². The molecule has 3 heterocycles. The number of carbonyl (C=O) groups excluding carboxylic acids is 1. The van der Waals surface area contributed by atoms with Crippen molar-refractivity contribution in [3.8, 4) is 0 Å². The number of amides is 1. The summed E-state index contributed by atoms with van der Waals surface area (Å²) in [5.74, 6) is 0.0767. The fourth-order valence-corrected chi connectivity index (χ4v) is 3.50. The third-order valence-corrected chi connectivity index (χ3v) is 4.99. The standard InChI is InChI=1S/C21H22N4O/c1-15-3-4-20-17(13-15)14-19(16(2)23-20)21(26)25-11-9-24(10-12-25)18-5-7-22-8-6-18/h3-8,13-14H,9-12H2,1-2H3. The smallest absolute Gasteiger partial charge is 0.255 e. The van der Waals surface area contributed by atoms with Gasteiger partial charge in [-0.1, -0.05) is 11.6 Å². The lowest BCUT2D eigenvalue weighted by Gasteiger charge is -2.36. The van der Waals surface area contributed by atoms with Crippen molar-refractivity contribution in [2.45, 2.75) is 13.8 Å². The highest BCUT2D eigenvalue weighted by atomic mass is 16.2. The molecule has 1 aliphatic rings. The number of anilines is 1. The molecule has 0 bridgehead atoms. The highest BCUT2D eigenvalue weighted by Crippen LogP contribution is 2.21. The molecule has 0 spiro atoms. The molecule has 0 atom stereocenters. The first kappa shape index (κ1) is 16.5. The van der Waals surface area contributed by atoms with Crippen LogP contribution in [0.1, 0.15) is 21.6 Å². The molecule has 0 saturated carbocycles. The zero-order valence-electron chi connectivity index (χ0n) is 15.1. The van der Waals surface area contributed by atoms with Crippen molar-refractivity contribution in [3.63, 3.8) is 0 Å². The van der Waals surface area contributed by atoms with Gasteiger partial charge in [0, 0.05) is 49.6 Å². The van der Waals surface area contributed by atoms with E-state index in [0.29, 0.717) is 18.7 Å². The lowest BCUT2D eigenvalue weighted by Crippen LogP contribution is -2.49. The molecule has 132 valence electrons. The Balaban J connectivity index is 1.53. The second-order valence-corrected chi connectivity index (χ2v) is 6.80. The molecule has 2 aromatic heterocycles. The molecule has 1 aromatic carbocycles. The van der Waals surface area contributed by atoms with Crippen LogP contribution in [0.15, 0.2) is 48.8 Å². The molecule has 1 saturated heterocycles. The molecule has 0 aliphatic carbocycles. The van der Waals surface area contributed by atoms with Crippen molar-refractivity contribution >= 4 is 22.5 Å². The quantitative estimate of drug-likeness (QED) is 0.715. The molecule has 1 aliphatic heterocycles. The highest BCUT2D eigenvalue weighted by molar-refractivity contribution is 5.98. The summed E-state index contributed by atoms with van der Waals surface area (Å²) in [5.41, 5.74) is 4.77. The van der Waals surface area contributed by atoms with Crippen LogP contribution in [0.5, 0.6) is 0 Å². The lowest BCUT2D eigenvalue weighted by molar-refractivity contribution is 0.0745. The summed E-state index contributed by atoms with van der Waals surface area (Å²) in [6.45, 7) is 7.06. The van der Waals surface area contributed by atoms with Gasteiger partial charge in [0.25, 0.3) is 5.91 Å². The number of pyridine rings is 2. The van der Waals surface area contributed by atoms with Crippen LogP contribution >= 0.6 is 0 Å². The van der Waals surface area contributed by atoms with E-state index in [9.17, 15) is 4.79 Å². The number of rotatable bonds is 2. The number of hydrogen-bond donors (Lipinski definition) is 0. The minimum Gasteiger partial charge on any atom is -0.368 e. The van der Waals surface area contributed by atoms with E-state index >= 15 is 0 Å². The van der Waals surface area contributed by atoms with E-state index in [0.717, 1.165) is 35.4 Å². The van der Waals surface area contributed by atoms with Crippen LogP contribution in [0.2, 0.25) is 0 Å². The SMILES string of the molecule is Cc1ccc2nc(C)c(C(=O)N3CCN(c4ccncc4)CC3)cc2c1. The first-order valence-corrected chi connectivity index (χ1v) is 8.94. The maximum absolute atomic E-state index is 13.0. The number of fused-ring (bicyclic) bond motifs is 1. The van der Waals surface area contributed by atoms with Crippen molar-refractivity contribution in [2.24, 2.45) is 0 Å². The molecule has 5 heteroatoms. The molecule has 0 N–H and O–H groups in total. The van der Waals surface area contributed by atoms with Crippen LogP contribution in [0, 0.1) is 13.8 Å². The summed E-state index contributed by atoms with van der Waals surface area (Å²) >= 11 is 0. The molecule has 3 aromatic rings. The lowest BCUT2D eigenvalue weighted by atomic mass is 10.1. The number of carbonyl (C=O) groups is 1. The maximum Gasteiger partial charge on any atom is 0.255 e. The van der Waals surface area contributed by atoms with Crippen LogP contribution in [0.25, 0.3) is 10.9 Å². The van der Waals surface area contributed by atoms with E-state index in [1.807, 2.05) is 36.1 Å². The van der Waals surface area contributed by atoms with E-state index in [2.05, 4.69) is 33.9 Å². The molecule has 0 unspecified atom stereocenters. The Labute approximate surface area is 153 Å². The van der Waals surface area contributed by atoms with Gasteiger partial charge < -0.3 is 9.80 Å². The molecule has 4 rings (SSSR count). The minimum atomic E-state index is 0.0767. The van der Waals surface area contributed by atoms with E-state index in [-0.39, 0.29) is 5.91 Å². The summed E-state index contributed by atoms with van der Waals surface area (Å²) in [5, 5.41) is 1.02. The third kappa shape index (κ3) is 3.12. The maximum atomic E-state index is 13.0. The van der Waals surface area contributed by atoms with Gasteiger partial charge in [0.05, 0.1) is 16.8 Å². The predicted octanol–water partition coefficient (Wildman–Crippen LogP) is 3.21. The Morgan fingerprint density at radius 1 is 0.962 bits per heavy atom. The highest BCUT2D eigenvalue weighted by Gasteiger charge is 2.24. The average Bonchev–Trinajstić information content (AvgIpc) is 2.68. The average molecular weight is 346 g/mol. The van der Waals surface area contributed by atoms with Gasteiger partial charge in [-0.05, 0) is 44.2 Å². The normalized spacial score (nSPS) is 14.7.